The highest BCUT2D eigenvalue weighted by molar-refractivity contribution is 7.17. The molecule has 0 saturated carbocycles. The number of carbonyl (C=O) groups excluding carboxylic acids is 1. The minimum Gasteiger partial charge on any atom is -0.489 e. The van der Waals surface area contributed by atoms with Crippen molar-refractivity contribution in [2.45, 2.75) is 39.7 Å². The Hall–Kier alpha value is -3.06. The van der Waals surface area contributed by atoms with Crippen LogP contribution in [0, 0.1) is 25.7 Å². The van der Waals surface area contributed by atoms with Crippen molar-refractivity contribution in [1.29, 1.82) is 0 Å². The Morgan fingerprint density at radius 2 is 1.79 bits per heavy atom. The summed E-state index contributed by atoms with van der Waals surface area (Å²) < 4.78 is 7.34. The smallest absolute Gasteiger partial charge is 0.223 e. The molecule has 0 saturated heterocycles. The van der Waals surface area contributed by atoms with Crippen LogP contribution in [0.2, 0.25) is 0 Å². The van der Waals surface area contributed by atoms with Gasteiger partial charge in [0.1, 0.15) is 12.4 Å². The minimum atomic E-state index is -0.382. The van der Waals surface area contributed by atoms with E-state index in [2.05, 4.69) is 67.5 Å². The van der Waals surface area contributed by atoms with Crippen molar-refractivity contribution in [3.63, 3.8) is 0 Å². The van der Waals surface area contributed by atoms with Crippen LogP contribution in [0.4, 0.5) is 0 Å². The predicted octanol–water partition coefficient (Wildman–Crippen LogP) is 8.03. The van der Waals surface area contributed by atoms with Crippen LogP contribution in [0.25, 0.3) is 21.2 Å². The number of halogens is 1. The Labute approximate surface area is 204 Å². The molecule has 1 aromatic heterocycles. The lowest BCUT2D eigenvalue weighted by molar-refractivity contribution is -0.111. The third-order valence-corrected chi connectivity index (χ3v) is 6.88. The molecule has 0 bridgehead atoms. The summed E-state index contributed by atoms with van der Waals surface area (Å²) in [4.78, 5) is 11.3. The molecule has 0 aliphatic rings. The fourth-order valence-electron chi connectivity index (χ4n) is 4.15. The number of rotatable bonds is 7. The zero-order chi connectivity index (χ0) is 23.4. The topological polar surface area (TPSA) is 26.3 Å². The molecule has 0 unspecified atom stereocenters. The fourth-order valence-corrected chi connectivity index (χ4v) is 5.24. The third-order valence-electron chi connectivity index (χ3n) is 5.76. The standard InChI is InChI=1S/C29H25ClO2S/c1-4-6-23(16-28(30)31)22-10-12-24(13-11-22)32-17-21-9-14-27-25(15-21)26(18-33-27)29-19(2)7-5-8-20(29)3/h5,7-15,18,23H,16-17H2,1-3H3/t23-/m0/s1. The molecule has 4 heteroatoms. The number of ether oxygens (including phenoxy) is 1. The Morgan fingerprint density at radius 3 is 2.45 bits per heavy atom. The summed E-state index contributed by atoms with van der Waals surface area (Å²) in [6.07, 6.45) is 0.200. The highest BCUT2D eigenvalue weighted by Crippen LogP contribution is 2.38. The highest BCUT2D eigenvalue weighted by Gasteiger charge is 2.14. The van der Waals surface area contributed by atoms with E-state index in [0.29, 0.717) is 6.61 Å². The molecule has 4 rings (SSSR count). The molecule has 0 aliphatic carbocycles. The summed E-state index contributed by atoms with van der Waals surface area (Å²) in [5.41, 5.74) is 7.27. The zero-order valence-electron chi connectivity index (χ0n) is 18.9. The Balaban J connectivity index is 1.53. The van der Waals surface area contributed by atoms with Gasteiger partial charge in [-0.1, -0.05) is 42.3 Å². The number of hydrogen-bond acceptors (Lipinski definition) is 3. The molecule has 3 aromatic carbocycles. The SMILES string of the molecule is CC#C[C@@H](CC(=O)Cl)c1ccc(OCc2ccc3scc(-c4c(C)cccc4C)c3c2)cc1. The normalized spacial score (nSPS) is 11.6. The second-order valence-electron chi connectivity index (χ2n) is 8.11. The molecule has 0 spiro atoms. The predicted molar refractivity (Wildman–Crippen MR) is 139 cm³/mol. The number of benzene rings is 3. The van der Waals surface area contributed by atoms with Gasteiger partial charge in [0.05, 0.1) is 5.92 Å². The largest absolute Gasteiger partial charge is 0.489 e. The first-order valence-electron chi connectivity index (χ1n) is 10.9. The first-order chi connectivity index (χ1) is 16.0. The van der Waals surface area contributed by atoms with Crippen LogP contribution in [-0.4, -0.2) is 5.24 Å². The molecular formula is C29H25ClO2S. The summed E-state index contributed by atoms with van der Waals surface area (Å²) in [7, 11) is 0. The van der Waals surface area contributed by atoms with Crippen molar-refractivity contribution in [3.05, 3.63) is 88.3 Å². The Morgan fingerprint density at radius 1 is 1.06 bits per heavy atom. The molecule has 0 aliphatic heterocycles. The maximum absolute atomic E-state index is 11.3. The monoisotopic (exact) mass is 472 g/mol. The van der Waals surface area contributed by atoms with E-state index < -0.39 is 0 Å². The van der Waals surface area contributed by atoms with Crippen LogP contribution >= 0.6 is 22.9 Å². The Kier molecular flexibility index (Phi) is 7.18. The second-order valence-corrected chi connectivity index (χ2v) is 9.44. The van der Waals surface area contributed by atoms with E-state index in [-0.39, 0.29) is 17.6 Å². The van der Waals surface area contributed by atoms with E-state index >= 15 is 0 Å². The molecule has 33 heavy (non-hydrogen) atoms. The number of fused-ring (bicyclic) bond motifs is 1. The molecule has 1 heterocycles. The van der Waals surface area contributed by atoms with Crippen molar-refractivity contribution in [2.75, 3.05) is 0 Å². The number of thiophene rings is 1. The van der Waals surface area contributed by atoms with Gasteiger partial charge >= 0.3 is 0 Å². The summed E-state index contributed by atoms with van der Waals surface area (Å²) >= 11 is 7.35. The molecule has 0 radical (unpaired) electrons. The molecule has 2 nitrogen and oxygen atoms in total. The van der Waals surface area contributed by atoms with Crippen molar-refractivity contribution >= 4 is 38.3 Å². The molecule has 166 valence electrons. The van der Waals surface area contributed by atoms with Gasteiger partial charge in [0.25, 0.3) is 0 Å². The maximum Gasteiger partial charge on any atom is 0.223 e. The lowest BCUT2D eigenvalue weighted by Crippen LogP contribution is -2.01. The first kappa shape index (κ1) is 23.1. The lowest BCUT2D eigenvalue weighted by Gasteiger charge is -2.12. The minimum absolute atomic E-state index is 0.196. The van der Waals surface area contributed by atoms with E-state index in [1.54, 1.807) is 18.3 Å². The van der Waals surface area contributed by atoms with Crippen LogP contribution in [0.15, 0.2) is 66.0 Å². The summed E-state index contributed by atoms with van der Waals surface area (Å²) in [5.74, 6) is 6.51. The van der Waals surface area contributed by atoms with Gasteiger partial charge < -0.3 is 4.74 Å². The van der Waals surface area contributed by atoms with Gasteiger partial charge in [-0.2, -0.15) is 0 Å². The van der Waals surface area contributed by atoms with Crippen molar-refractivity contribution in [3.8, 4) is 28.7 Å². The first-order valence-corrected chi connectivity index (χ1v) is 12.1. The zero-order valence-corrected chi connectivity index (χ0v) is 20.5. The molecule has 1 atom stereocenters. The van der Waals surface area contributed by atoms with Crippen molar-refractivity contribution in [2.24, 2.45) is 0 Å². The number of hydrogen-bond donors (Lipinski definition) is 0. The summed E-state index contributed by atoms with van der Waals surface area (Å²) in [6, 6.07) is 20.7. The fraction of sp³-hybridized carbons (Fsp3) is 0.207. The van der Waals surface area contributed by atoms with Gasteiger partial charge in [0.15, 0.2) is 0 Å². The molecule has 4 aromatic rings. The van der Waals surface area contributed by atoms with Crippen LogP contribution in [0.3, 0.4) is 0 Å². The molecule has 0 N–H and O–H groups in total. The van der Waals surface area contributed by atoms with Crippen LogP contribution < -0.4 is 4.74 Å². The van der Waals surface area contributed by atoms with Crippen LogP contribution in [0.5, 0.6) is 5.75 Å². The van der Waals surface area contributed by atoms with Gasteiger partial charge in [0, 0.05) is 22.1 Å². The number of carbonyl (C=O) groups is 1. The molecular weight excluding hydrogens is 448 g/mol. The molecule has 0 fully saturated rings. The maximum atomic E-state index is 11.3. The van der Waals surface area contributed by atoms with Gasteiger partial charge in [-0.3, -0.25) is 4.79 Å². The lowest BCUT2D eigenvalue weighted by atomic mass is 9.95. The van der Waals surface area contributed by atoms with Gasteiger partial charge in [-0.15, -0.1) is 17.3 Å². The van der Waals surface area contributed by atoms with E-state index in [1.165, 1.54) is 32.3 Å². The van der Waals surface area contributed by atoms with Crippen molar-refractivity contribution in [1.82, 2.24) is 0 Å². The molecule has 0 amide bonds. The van der Waals surface area contributed by atoms with E-state index in [0.717, 1.165) is 16.9 Å². The highest BCUT2D eigenvalue weighted by atomic mass is 35.5. The van der Waals surface area contributed by atoms with Gasteiger partial charge in [-0.25, -0.2) is 0 Å². The Bertz CT molecular complexity index is 1340. The summed E-state index contributed by atoms with van der Waals surface area (Å²) in [5, 5.41) is 3.14. The van der Waals surface area contributed by atoms with Gasteiger partial charge in [0.2, 0.25) is 5.24 Å². The third kappa shape index (κ3) is 5.30. The average molecular weight is 473 g/mol. The average Bonchev–Trinajstić information content (AvgIpc) is 3.20. The van der Waals surface area contributed by atoms with E-state index in [9.17, 15) is 4.79 Å². The second kappa shape index (κ2) is 10.3. The quantitative estimate of drug-likeness (QED) is 0.201. The summed E-state index contributed by atoms with van der Waals surface area (Å²) in [6.45, 7) is 6.58. The van der Waals surface area contributed by atoms with Gasteiger partial charge in [-0.05, 0) is 89.8 Å². The van der Waals surface area contributed by atoms with Crippen LogP contribution in [-0.2, 0) is 11.4 Å². The number of aryl methyl sites for hydroxylation is 2. The van der Waals surface area contributed by atoms with E-state index in [4.69, 9.17) is 16.3 Å². The van der Waals surface area contributed by atoms with Crippen LogP contribution in [0.1, 0.15) is 41.5 Å². The van der Waals surface area contributed by atoms with E-state index in [1.807, 2.05) is 24.3 Å². The van der Waals surface area contributed by atoms with Crippen molar-refractivity contribution < 1.29 is 9.53 Å².